The van der Waals surface area contributed by atoms with Crippen molar-refractivity contribution in [3.8, 4) is 0 Å². The monoisotopic (exact) mass is 363 g/mol. The number of hydrogen-bond acceptors (Lipinski definition) is 4. The number of aromatic nitrogens is 3. The van der Waals surface area contributed by atoms with Crippen LogP contribution >= 0.6 is 0 Å². The van der Waals surface area contributed by atoms with Gasteiger partial charge in [-0.1, -0.05) is 36.9 Å². The zero-order chi connectivity index (χ0) is 18.6. The molecule has 1 fully saturated rings. The Bertz CT molecular complexity index is 901. The average Bonchev–Trinajstić information content (AvgIpc) is 3.33. The summed E-state index contributed by atoms with van der Waals surface area (Å²) < 4.78 is 14.9. The highest BCUT2D eigenvalue weighted by molar-refractivity contribution is 5.48. The van der Waals surface area contributed by atoms with Crippen molar-refractivity contribution in [2.24, 2.45) is 0 Å². The standard InChI is InChI=1S/C21H22FN5/c1-2-16-3-5-17(6-4-16)13-27-15-23-21(25-27)24-19-11-12-26(14-19)20-9-7-18(22)8-10-20/h2-10,15,19H,1,11-14H2,(H,24,25)/t19-/m1/s1. The van der Waals surface area contributed by atoms with Gasteiger partial charge in [-0.15, -0.1) is 5.10 Å². The highest BCUT2D eigenvalue weighted by atomic mass is 19.1. The van der Waals surface area contributed by atoms with Crippen molar-refractivity contribution in [2.45, 2.75) is 19.0 Å². The molecule has 1 aliphatic rings. The smallest absolute Gasteiger partial charge is 0.242 e. The van der Waals surface area contributed by atoms with Crippen LogP contribution in [0.25, 0.3) is 6.08 Å². The molecule has 0 bridgehead atoms. The van der Waals surface area contributed by atoms with E-state index in [-0.39, 0.29) is 11.9 Å². The van der Waals surface area contributed by atoms with Crippen LogP contribution in [0.1, 0.15) is 17.5 Å². The van der Waals surface area contributed by atoms with Crippen molar-refractivity contribution < 1.29 is 4.39 Å². The first kappa shape index (κ1) is 17.3. The zero-order valence-electron chi connectivity index (χ0n) is 15.1. The molecule has 6 heteroatoms. The molecular weight excluding hydrogens is 341 g/mol. The van der Waals surface area contributed by atoms with E-state index < -0.39 is 0 Å². The number of rotatable bonds is 6. The molecule has 2 heterocycles. The molecule has 1 aliphatic heterocycles. The first-order valence-corrected chi connectivity index (χ1v) is 9.07. The second-order valence-corrected chi connectivity index (χ2v) is 6.76. The van der Waals surface area contributed by atoms with Crippen LogP contribution in [0.2, 0.25) is 0 Å². The number of nitrogens with one attached hydrogen (secondary N) is 1. The number of anilines is 2. The third-order valence-electron chi connectivity index (χ3n) is 4.81. The van der Waals surface area contributed by atoms with Crippen molar-refractivity contribution in [1.29, 1.82) is 0 Å². The van der Waals surface area contributed by atoms with Crippen molar-refractivity contribution >= 4 is 17.7 Å². The fourth-order valence-electron chi connectivity index (χ4n) is 3.33. The Hall–Kier alpha value is -3.15. The van der Waals surface area contributed by atoms with Gasteiger partial charge in [-0.3, -0.25) is 0 Å². The summed E-state index contributed by atoms with van der Waals surface area (Å²) in [5.74, 6) is 0.435. The predicted octanol–water partition coefficient (Wildman–Crippen LogP) is 3.80. The first-order chi connectivity index (χ1) is 13.2. The van der Waals surface area contributed by atoms with Crippen LogP contribution in [0.5, 0.6) is 0 Å². The van der Waals surface area contributed by atoms with Crippen LogP contribution in [-0.4, -0.2) is 33.9 Å². The molecule has 27 heavy (non-hydrogen) atoms. The summed E-state index contributed by atoms with van der Waals surface area (Å²) in [5, 5.41) is 7.93. The van der Waals surface area contributed by atoms with E-state index >= 15 is 0 Å². The molecular formula is C21H22FN5. The molecule has 0 aliphatic carbocycles. The van der Waals surface area contributed by atoms with Gasteiger partial charge < -0.3 is 10.2 Å². The molecule has 138 valence electrons. The highest BCUT2D eigenvalue weighted by Crippen LogP contribution is 2.22. The summed E-state index contributed by atoms with van der Waals surface area (Å²) >= 11 is 0. The van der Waals surface area contributed by atoms with Crippen molar-refractivity contribution in [1.82, 2.24) is 14.8 Å². The Morgan fingerprint density at radius 2 is 1.93 bits per heavy atom. The van der Waals surface area contributed by atoms with Gasteiger partial charge in [-0.25, -0.2) is 14.1 Å². The van der Waals surface area contributed by atoms with Crippen LogP contribution in [-0.2, 0) is 6.54 Å². The SMILES string of the molecule is C=Cc1ccc(Cn2cnc(N[C@@H]3CCN(c4ccc(F)cc4)C3)n2)cc1. The fraction of sp³-hybridized carbons (Fsp3) is 0.238. The molecule has 0 amide bonds. The average molecular weight is 363 g/mol. The summed E-state index contributed by atoms with van der Waals surface area (Å²) in [6.07, 6.45) is 4.57. The second-order valence-electron chi connectivity index (χ2n) is 6.76. The van der Waals surface area contributed by atoms with Gasteiger partial charge in [0, 0.05) is 24.8 Å². The third kappa shape index (κ3) is 4.16. The van der Waals surface area contributed by atoms with Gasteiger partial charge in [-0.2, -0.15) is 0 Å². The molecule has 1 aromatic heterocycles. The summed E-state index contributed by atoms with van der Waals surface area (Å²) in [4.78, 5) is 6.62. The molecule has 1 N–H and O–H groups in total. The minimum Gasteiger partial charge on any atom is -0.369 e. The van der Waals surface area contributed by atoms with Crippen LogP contribution in [0.15, 0.2) is 61.4 Å². The van der Waals surface area contributed by atoms with E-state index in [2.05, 4.69) is 39.0 Å². The van der Waals surface area contributed by atoms with Gasteiger partial charge in [0.05, 0.1) is 6.54 Å². The van der Waals surface area contributed by atoms with Gasteiger partial charge in [0.15, 0.2) is 0 Å². The molecule has 5 nitrogen and oxygen atoms in total. The maximum absolute atomic E-state index is 13.1. The van der Waals surface area contributed by atoms with Crippen molar-refractivity contribution in [3.05, 3.63) is 78.4 Å². The summed E-state index contributed by atoms with van der Waals surface area (Å²) in [6.45, 7) is 6.23. The van der Waals surface area contributed by atoms with Gasteiger partial charge in [0.1, 0.15) is 12.1 Å². The molecule has 0 unspecified atom stereocenters. The van der Waals surface area contributed by atoms with E-state index in [4.69, 9.17) is 0 Å². The van der Waals surface area contributed by atoms with Gasteiger partial charge in [-0.05, 0) is 41.8 Å². The molecule has 1 saturated heterocycles. The predicted molar refractivity (Wildman–Crippen MR) is 106 cm³/mol. The Kier molecular flexibility index (Phi) is 4.87. The molecule has 0 radical (unpaired) electrons. The minimum absolute atomic E-state index is 0.207. The van der Waals surface area contributed by atoms with Gasteiger partial charge >= 0.3 is 0 Å². The van der Waals surface area contributed by atoms with Gasteiger partial charge in [0.25, 0.3) is 0 Å². The lowest BCUT2D eigenvalue weighted by atomic mass is 10.1. The van der Waals surface area contributed by atoms with Gasteiger partial charge in [0.2, 0.25) is 5.95 Å². The molecule has 0 saturated carbocycles. The number of hydrogen-bond donors (Lipinski definition) is 1. The molecule has 2 aromatic carbocycles. The van der Waals surface area contributed by atoms with Crippen LogP contribution in [0.3, 0.4) is 0 Å². The summed E-state index contributed by atoms with van der Waals surface area (Å²) in [5.41, 5.74) is 3.31. The Morgan fingerprint density at radius 1 is 1.15 bits per heavy atom. The first-order valence-electron chi connectivity index (χ1n) is 9.07. The topological polar surface area (TPSA) is 46.0 Å². The Labute approximate surface area is 158 Å². The zero-order valence-corrected chi connectivity index (χ0v) is 15.1. The van der Waals surface area contributed by atoms with Crippen LogP contribution in [0.4, 0.5) is 16.0 Å². The van der Waals surface area contributed by atoms with Crippen molar-refractivity contribution in [3.63, 3.8) is 0 Å². The van der Waals surface area contributed by atoms with Crippen LogP contribution < -0.4 is 10.2 Å². The van der Waals surface area contributed by atoms with E-state index in [1.807, 2.05) is 35.0 Å². The molecule has 1 atom stereocenters. The summed E-state index contributed by atoms with van der Waals surface area (Å²) in [7, 11) is 0. The third-order valence-corrected chi connectivity index (χ3v) is 4.81. The number of benzene rings is 2. The highest BCUT2D eigenvalue weighted by Gasteiger charge is 2.23. The van der Waals surface area contributed by atoms with Crippen LogP contribution in [0, 0.1) is 5.82 Å². The number of nitrogens with zero attached hydrogens (tertiary/aromatic N) is 4. The fourth-order valence-corrected chi connectivity index (χ4v) is 3.33. The normalized spacial score (nSPS) is 16.5. The van der Waals surface area contributed by atoms with E-state index in [1.165, 1.54) is 17.7 Å². The number of halogens is 1. The van der Waals surface area contributed by atoms with E-state index in [0.29, 0.717) is 12.5 Å². The molecule has 0 spiro atoms. The summed E-state index contributed by atoms with van der Waals surface area (Å²) in [6, 6.07) is 15.2. The largest absolute Gasteiger partial charge is 0.369 e. The Morgan fingerprint density at radius 3 is 2.67 bits per heavy atom. The molecule has 3 aromatic rings. The maximum Gasteiger partial charge on any atom is 0.242 e. The lowest BCUT2D eigenvalue weighted by Gasteiger charge is -2.18. The quantitative estimate of drug-likeness (QED) is 0.724. The lowest BCUT2D eigenvalue weighted by Crippen LogP contribution is -2.26. The van der Waals surface area contributed by atoms with E-state index in [9.17, 15) is 4.39 Å². The lowest BCUT2D eigenvalue weighted by molar-refractivity contribution is 0.627. The molecule has 4 rings (SSSR count). The van der Waals surface area contributed by atoms with E-state index in [0.717, 1.165) is 30.8 Å². The van der Waals surface area contributed by atoms with E-state index in [1.54, 1.807) is 6.33 Å². The second kappa shape index (κ2) is 7.61. The van der Waals surface area contributed by atoms with Crippen molar-refractivity contribution in [2.75, 3.05) is 23.3 Å². The minimum atomic E-state index is -0.207. The maximum atomic E-state index is 13.1. The Balaban J connectivity index is 1.34.